The molecule has 1 aliphatic rings. The summed E-state index contributed by atoms with van der Waals surface area (Å²) in [4.78, 5) is 4.59. The number of hydrogen-bond acceptors (Lipinski definition) is 4. The zero-order valence-corrected chi connectivity index (χ0v) is 24.0. The number of likely N-dealkylation sites (N-methyl/N-ethyl adjacent to an activating group) is 1. The Bertz CT molecular complexity index is 1100. The molecule has 0 saturated heterocycles. The number of oxazole rings is 1. The van der Waals surface area contributed by atoms with Crippen LogP contribution in [0.25, 0.3) is 0 Å². The zero-order valence-electron chi connectivity index (χ0n) is 20.9. The maximum atomic E-state index is 12.0. The predicted molar refractivity (Wildman–Crippen MR) is 139 cm³/mol. The molecule has 0 amide bonds. The van der Waals surface area contributed by atoms with Gasteiger partial charge in [-0.25, -0.2) is 4.98 Å². The first-order valence-electron chi connectivity index (χ1n) is 12.3. The summed E-state index contributed by atoms with van der Waals surface area (Å²) in [5.41, 5.74) is 0.636. The fourth-order valence-corrected chi connectivity index (χ4v) is 5.26. The number of aliphatic hydroxyl groups is 1. The smallest absolute Gasteiger partial charge is 0.231 e. The first-order valence-corrected chi connectivity index (χ1v) is 13.1. The standard InChI is InChI=1S/C28H35Cl2N2O3.BrH/c1-32(2,15-16-34-20-21-13-14-25(29)26(30)17-21)19-24-18-31-27(35-24)28(33,22-9-5-3-6-10-22)23-11-7-4-8-12-23;/h3,5-6,9-10,13-14,17-18,23,33H,4,7-8,11-12,15-16,19-20H2,1-2H3;1H/q+1;/p-1. The van der Waals surface area contributed by atoms with E-state index >= 15 is 0 Å². The third kappa shape index (κ3) is 7.12. The van der Waals surface area contributed by atoms with Crippen LogP contribution in [0.2, 0.25) is 10.0 Å². The Morgan fingerprint density at radius 1 is 1.06 bits per heavy atom. The summed E-state index contributed by atoms with van der Waals surface area (Å²) < 4.78 is 12.8. The minimum Gasteiger partial charge on any atom is -1.00 e. The van der Waals surface area contributed by atoms with E-state index in [2.05, 4.69) is 19.1 Å². The van der Waals surface area contributed by atoms with Crippen LogP contribution in [0.4, 0.5) is 0 Å². The average molecular weight is 598 g/mol. The van der Waals surface area contributed by atoms with E-state index in [1.54, 1.807) is 12.3 Å². The normalized spacial score (nSPS) is 16.4. The molecule has 2 aromatic carbocycles. The van der Waals surface area contributed by atoms with Crippen molar-refractivity contribution in [2.75, 3.05) is 27.2 Å². The number of benzene rings is 2. The van der Waals surface area contributed by atoms with Crippen LogP contribution in [0.1, 0.15) is 54.9 Å². The molecule has 1 unspecified atom stereocenters. The highest BCUT2D eigenvalue weighted by molar-refractivity contribution is 6.42. The van der Waals surface area contributed by atoms with Crippen molar-refractivity contribution < 1.29 is 35.7 Å². The Morgan fingerprint density at radius 3 is 2.47 bits per heavy atom. The molecule has 1 atom stereocenters. The van der Waals surface area contributed by atoms with E-state index in [1.807, 2.05) is 42.5 Å². The lowest BCUT2D eigenvalue weighted by atomic mass is 9.73. The monoisotopic (exact) mass is 596 g/mol. The molecular weight excluding hydrogens is 563 g/mol. The summed E-state index contributed by atoms with van der Waals surface area (Å²) in [5, 5.41) is 13.1. The van der Waals surface area contributed by atoms with E-state index in [-0.39, 0.29) is 22.9 Å². The van der Waals surface area contributed by atoms with Crippen LogP contribution in [-0.4, -0.2) is 41.8 Å². The van der Waals surface area contributed by atoms with Crippen LogP contribution in [0.5, 0.6) is 0 Å². The fourth-order valence-electron chi connectivity index (χ4n) is 4.94. The van der Waals surface area contributed by atoms with Crippen molar-refractivity contribution in [2.45, 2.75) is 50.9 Å². The number of nitrogens with zero attached hydrogens (tertiary/aromatic N) is 2. The summed E-state index contributed by atoms with van der Waals surface area (Å²) in [5.74, 6) is 1.27. The van der Waals surface area contributed by atoms with Crippen LogP contribution >= 0.6 is 23.2 Å². The van der Waals surface area contributed by atoms with Gasteiger partial charge in [-0.05, 0) is 36.1 Å². The molecule has 3 aromatic rings. The highest BCUT2D eigenvalue weighted by atomic mass is 79.9. The maximum absolute atomic E-state index is 12.0. The number of ether oxygens (including phenoxy) is 1. The molecule has 8 heteroatoms. The second-order valence-electron chi connectivity index (χ2n) is 10.2. The van der Waals surface area contributed by atoms with Crippen LogP contribution in [0.3, 0.4) is 0 Å². The summed E-state index contributed by atoms with van der Waals surface area (Å²) in [7, 11) is 4.27. The molecule has 0 bridgehead atoms. The van der Waals surface area contributed by atoms with Gasteiger partial charge in [0.2, 0.25) is 5.89 Å². The van der Waals surface area contributed by atoms with Gasteiger partial charge in [-0.2, -0.15) is 0 Å². The van der Waals surface area contributed by atoms with Crippen molar-refractivity contribution >= 4 is 23.2 Å². The molecule has 1 saturated carbocycles. The first-order chi connectivity index (χ1) is 16.8. The highest BCUT2D eigenvalue weighted by Crippen LogP contribution is 2.43. The van der Waals surface area contributed by atoms with Crippen LogP contribution in [0.15, 0.2) is 59.1 Å². The number of rotatable bonds is 10. The van der Waals surface area contributed by atoms with Gasteiger partial charge in [0.25, 0.3) is 0 Å². The summed E-state index contributed by atoms with van der Waals surface area (Å²) in [6, 6.07) is 15.4. The largest absolute Gasteiger partial charge is 1.00 e. The van der Waals surface area contributed by atoms with Gasteiger partial charge in [0, 0.05) is 5.92 Å². The molecule has 5 nitrogen and oxygen atoms in total. The van der Waals surface area contributed by atoms with Gasteiger partial charge < -0.3 is 35.7 Å². The molecule has 1 heterocycles. The molecule has 196 valence electrons. The Labute approximate surface area is 234 Å². The van der Waals surface area contributed by atoms with Crippen LogP contribution < -0.4 is 17.0 Å². The summed E-state index contributed by atoms with van der Waals surface area (Å²) in [6.07, 6.45) is 7.18. The molecule has 0 radical (unpaired) electrons. The lowest BCUT2D eigenvalue weighted by Crippen LogP contribution is -3.00. The topological polar surface area (TPSA) is 55.5 Å². The average Bonchev–Trinajstić information content (AvgIpc) is 3.33. The van der Waals surface area contributed by atoms with Crippen molar-refractivity contribution in [3.05, 3.63) is 87.6 Å². The third-order valence-corrected chi connectivity index (χ3v) is 7.71. The molecular formula is C28H35BrCl2N2O3. The van der Waals surface area contributed by atoms with Gasteiger partial charge in [-0.1, -0.05) is 78.9 Å². The van der Waals surface area contributed by atoms with Gasteiger partial charge >= 0.3 is 0 Å². The van der Waals surface area contributed by atoms with Gasteiger partial charge in [0.05, 0.1) is 43.6 Å². The molecule has 36 heavy (non-hydrogen) atoms. The second-order valence-corrected chi connectivity index (χ2v) is 11.0. The number of aromatic nitrogens is 1. The van der Waals surface area contributed by atoms with E-state index < -0.39 is 5.60 Å². The minimum absolute atomic E-state index is 0. The van der Waals surface area contributed by atoms with E-state index in [9.17, 15) is 5.11 Å². The number of halogens is 3. The van der Waals surface area contributed by atoms with E-state index in [0.29, 0.717) is 40.2 Å². The number of quaternary nitrogens is 1. The van der Waals surface area contributed by atoms with Crippen molar-refractivity contribution in [1.29, 1.82) is 0 Å². The van der Waals surface area contributed by atoms with Gasteiger partial charge in [0.15, 0.2) is 11.4 Å². The SMILES string of the molecule is C[N+](C)(CCOCc1ccc(Cl)c(Cl)c1)Cc1cnc(C(O)(c2ccccc2)C2CCCCC2)o1.[Br-]. The quantitative estimate of drug-likeness (QED) is 0.287. The third-order valence-electron chi connectivity index (χ3n) is 6.97. The molecule has 1 fully saturated rings. The highest BCUT2D eigenvalue weighted by Gasteiger charge is 2.44. The van der Waals surface area contributed by atoms with Gasteiger partial charge in [0.1, 0.15) is 13.1 Å². The van der Waals surface area contributed by atoms with Gasteiger partial charge in [-0.3, -0.25) is 0 Å². The van der Waals surface area contributed by atoms with Crippen LogP contribution in [-0.2, 0) is 23.5 Å². The molecule has 0 aliphatic heterocycles. The first kappa shape index (κ1) is 29.2. The fraction of sp³-hybridized carbons (Fsp3) is 0.464. The lowest BCUT2D eigenvalue weighted by molar-refractivity contribution is -0.905. The van der Waals surface area contributed by atoms with Crippen molar-refractivity contribution in [2.24, 2.45) is 5.92 Å². The number of hydrogen-bond donors (Lipinski definition) is 1. The Kier molecular flexibility index (Phi) is 10.4. The molecule has 4 rings (SSSR count). The van der Waals surface area contributed by atoms with Gasteiger partial charge in [-0.15, -0.1) is 0 Å². The summed E-state index contributed by atoms with van der Waals surface area (Å²) in [6.45, 7) is 2.51. The lowest BCUT2D eigenvalue weighted by Gasteiger charge is -2.36. The molecule has 0 spiro atoms. The van der Waals surface area contributed by atoms with E-state index in [4.69, 9.17) is 32.4 Å². The van der Waals surface area contributed by atoms with Crippen molar-refractivity contribution in [3.63, 3.8) is 0 Å². The minimum atomic E-state index is -1.21. The van der Waals surface area contributed by atoms with E-state index in [1.165, 1.54) is 6.42 Å². The second kappa shape index (κ2) is 12.9. The molecule has 1 aliphatic carbocycles. The van der Waals surface area contributed by atoms with Crippen molar-refractivity contribution in [1.82, 2.24) is 4.98 Å². The van der Waals surface area contributed by atoms with Crippen molar-refractivity contribution in [3.8, 4) is 0 Å². The Morgan fingerprint density at radius 2 is 1.78 bits per heavy atom. The van der Waals surface area contributed by atoms with Crippen LogP contribution in [0, 0.1) is 5.92 Å². The zero-order chi connectivity index (χ0) is 24.9. The predicted octanol–water partition coefficient (Wildman–Crippen LogP) is 3.59. The van der Waals surface area contributed by atoms with E-state index in [0.717, 1.165) is 49.1 Å². The summed E-state index contributed by atoms with van der Waals surface area (Å²) >= 11 is 12.1. The maximum Gasteiger partial charge on any atom is 0.231 e. The molecule has 1 N–H and O–H groups in total. The Hall–Kier alpha value is -1.41. The Balaban J connectivity index is 0.00000361. The molecule has 1 aromatic heterocycles.